The van der Waals surface area contributed by atoms with E-state index in [0.717, 1.165) is 10.6 Å². The molecule has 0 bridgehead atoms. The van der Waals surface area contributed by atoms with E-state index in [1.165, 1.54) is 22.5 Å². The fraction of sp³-hybridized carbons (Fsp3) is 0.176. The Hall–Kier alpha value is -2.27. The second-order valence-corrected chi connectivity index (χ2v) is 6.51. The molecule has 1 N–H and O–H groups in total. The van der Waals surface area contributed by atoms with Crippen molar-refractivity contribution in [1.82, 2.24) is 5.16 Å². The van der Waals surface area contributed by atoms with E-state index in [2.05, 4.69) is 34.7 Å². The molecule has 22 heavy (non-hydrogen) atoms. The van der Waals surface area contributed by atoms with Crippen LogP contribution < -0.4 is 5.32 Å². The monoisotopic (exact) mass is 312 g/mol. The molecule has 5 heteroatoms. The minimum absolute atomic E-state index is 0.102. The Morgan fingerprint density at radius 2 is 1.95 bits per heavy atom. The van der Waals surface area contributed by atoms with Crippen molar-refractivity contribution in [3.63, 3.8) is 0 Å². The first kappa shape index (κ1) is 14.7. The number of hydrogen-bond donors (Lipinski definition) is 1. The van der Waals surface area contributed by atoms with E-state index >= 15 is 0 Å². The zero-order chi connectivity index (χ0) is 15.5. The van der Waals surface area contributed by atoms with Gasteiger partial charge in [-0.1, -0.05) is 35.5 Å². The first-order valence-corrected chi connectivity index (χ1v) is 7.89. The molecule has 3 aromatic rings. The van der Waals surface area contributed by atoms with Crippen LogP contribution in [-0.4, -0.2) is 16.3 Å². The summed E-state index contributed by atoms with van der Waals surface area (Å²) >= 11 is 1.52. The molecule has 4 nitrogen and oxygen atoms in total. The predicted molar refractivity (Wildman–Crippen MR) is 89.1 cm³/mol. The van der Waals surface area contributed by atoms with Crippen LogP contribution in [0.1, 0.15) is 12.6 Å². The van der Waals surface area contributed by atoms with Gasteiger partial charge in [-0.15, -0.1) is 11.8 Å². The molecule has 1 aromatic heterocycles. The van der Waals surface area contributed by atoms with E-state index in [-0.39, 0.29) is 11.2 Å². The van der Waals surface area contributed by atoms with Crippen molar-refractivity contribution in [2.24, 2.45) is 0 Å². The number of hydrogen-bond acceptors (Lipinski definition) is 4. The number of benzene rings is 2. The summed E-state index contributed by atoms with van der Waals surface area (Å²) in [5.41, 5.74) is 0.741. The van der Waals surface area contributed by atoms with Crippen molar-refractivity contribution in [3.8, 4) is 0 Å². The van der Waals surface area contributed by atoms with Crippen LogP contribution >= 0.6 is 11.8 Å². The number of nitrogens with zero attached hydrogens (tertiary/aromatic N) is 1. The lowest BCUT2D eigenvalue weighted by atomic mass is 10.1. The van der Waals surface area contributed by atoms with Gasteiger partial charge >= 0.3 is 0 Å². The van der Waals surface area contributed by atoms with Gasteiger partial charge < -0.3 is 4.52 Å². The summed E-state index contributed by atoms with van der Waals surface area (Å²) in [7, 11) is 0. The van der Waals surface area contributed by atoms with E-state index in [4.69, 9.17) is 4.52 Å². The van der Waals surface area contributed by atoms with Gasteiger partial charge in [-0.2, -0.15) is 0 Å². The number of rotatable bonds is 4. The molecule has 0 aliphatic rings. The highest BCUT2D eigenvalue weighted by Crippen LogP contribution is 2.27. The second kappa shape index (κ2) is 6.23. The topological polar surface area (TPSA) is 55.1 Å². The number of carbonyl (C=O) groups excluding carboxylic acids is 1. The molecular weight excluding hydrogens is 296 g/mol. The maximum atomic E-state index is 12.2. The molecule has 0 saturated heterocycles. The number of fused-ring (bicyclic) bond motifs is 1. The molecule has 1 heterocycles. The molecule has 0 saturated carbocycles. The standard InChI is InChI=1S/C17H16N2O2S/c1-11-9-16(21-19-11)18-17(20)12(2)22-15-8-7-13-5-3-4-6-14(13)10-15/h3-10,12H,1-2H3,(H,18,20)/t12-/m0/s1. The van der Waals surface area contributed by atoms with Crippen LogP contribution in [-0.2, 0) is 4.79 Å². The van der Waals surface area contributed by atoms with Gasteiger partial charge in [0.15, 0.2) is 0 Å². The summed E-state index contributed by atoms with van der Waals surface area (Å²) in [6.07, 6.45) is 0. The minimum Gasteiger partial charge on any atom is -0.338 e. The number of thioether (sulfide) groups is 1. The second-order valence-electron chi connectivity index (χ2n) is 5.09. The average molecular weight is 312 g/mol. The lowest BCUT2D eigenvalue weighted by molar-refractivity contribution is -0.115. The number of nitrogens with one attached hydrogen (secondary N) is 1. The van der Waals surface area contributed by atoms with Gasteiger partial charge in [0, 0.05) is 11.0 Å². The molecule has 1 amide bonds. The van der Waals surface area contributed by atoms with E-state index in [1.54, 1.807) is 6.07 Å². The highest BCUT2D eigenvalue weighted by atomic mass is 32.2. The van der Waals surface area contributed by atoms with Crippen LogP contribution in [0.5, 0.6) is 0 Å². The first-order chi connectivity index (χ1) is 10.6. The van der Waals surface area contributed by atoms with Crippen LogP contribution in [0.4, 0.5) is 5.88 Å². The van der Waals surface area contributed by atoms with Crippen molar-refractivity contribution >= 4 is 34.3 Å². The van der Waals surface area contributed by atoms with E-state index in [0.29, 0.717) is 5.88 Å². The van der Waals surface area contributed by atoms with Crippen molar-refractivity contribution in [1.29, 1.82) is 0 Å². The fourth-order valence-electron chi connectivity index (χ4n) is 2.14. The quantitative estimate of drug-likeness (QED) is 0.732. The van der Waals surface area contributed by atoms with E-state index in [9.17, 15) is 4.79 Å². The average Bonchev–Trinajstić information content (AvgIpc) is 2.92. The van der Waals surface area contributed by atoms with Gasteiger partial charge in [0.05, 0.1) is 10.9 Å². The molecule has 112 valence electrons. The molecule has 2 aromatic carbocycles. The zero-order valence-corrected chi connectivity index (χ0v) is 13.2. The first-order valence-electron chi connectivity index (χ1n) is 7.01. The van der Waals surface area contributed by atoms with Crippen LogP contribution in [0.3, 0.4) is 0 Å². The van der Waals surface area contributed by atoms with Crippen molar-refractivity contribution < 1.29 is 9.32 Å². The van der Waals surface area contributed by atoms with Crippen LogP contribution in [0.15, 0.2) is 57.9 Å². The van der Waals surface area contributed by atoms with Gasteiger partial charge in [0.1, 0.15) is 0 Å². The lowest BCUT2D eigenvalue weighted by Crippen LogP contribution is -2.22. The van der Waals surface area contributed by atoms with E-state index in [1.807, 2.05) is 32.0 Å². The van der Waals surface area contributed by atoms with Crippen molar-refractivity contribution in [3.05, 3.63) is 54.2 Å². The van der Waals surface area contributed by atoms with Gasteiger partial charge in [0.25, 0.3) is 0 Å². The van der Waals surface area contributed by atoms with Gasteiger partial charge in [-0.3, -0.25) is 10.1 Å². The molecule has 0 aliphatic heterocycles. The van der Waals surface area contributed by atoms with Gasteiger partial charge in [0.2, 0.25) is 11.8 Å². The van der Waals surface area contributed by atoms with Crippen LogP contribution in [0.2, 0.25) is 0 Å². The summed E-state index contributed by atoms with van der Waals surface area (Å²) in [5, 5.41) is 8.62. The number of carbonyl (C=O) groups is 1. The summed E-state index contributed by atoms with van der Waals surface area (Å²) in [4.78, 5) is 13.2. The third kappa shape index (κ3) is 3.31. The number of aryl methyl sites for hydroxylation is 1. The highest BCUT2D eigenvalue weighted by Gasteiger charge is 2.16. The molecule has 0 radical (unpaired) electrons. The van der Waals surface area contributed by atoms with Gasteiger partial charge in [-0.25, -0.2) is 0 Å². The maximum absolute atomic E-state index is 12.2. The Bertz CT molecular complexity index is 813. The zero-order valence-electron chi connectivity index (χ0n) is 12.4. The molecule has 0 unspecified atom stereocenters. The van der Waals surface area contributed by atoms with Crippen molar-refractivity contribution in [2.75, 3.05) is 5.32 Å². The summed E-state index contributed by atoms with van der Waals surface area (Å²) in [5.74, 6) is 0.280. The number of aromatic nitrogens is 1. The molecule has 3 rings (SSSR count). The van der Waals surface area contributed by atoms with Crippen molar-refractivity contribution in [2.45, 2.75) is 24.0 Å². The Morgan fingerprint density at radius 1 is 1.18 bits per heavy atom. The van der Waals surface area contributed by atoms with E-state index < -0.39 is 0 Å². The number of anilines is 1. The molecule has 0 aliphatic carbocycles. The maximum Gasteiger partial charge on any atom is 0.239 e. The molecule has 0 spiro atoms. The lowest BCUT2D eigenvalue weighted by Gasteiger charge is -2.10. The predicted octanol–water partition coefficient (Wildman–Crippen LogP) is 4.26. The Labute approximate surface area is 132 Å². The Kier molecular flexibility index (Phi) is 4.15. The minimum atomic E-state index is -0.230. The van der Waals surface area contributed by atoms with Gasteiger partial charge in [-0.05, 0) is 36.8 Å². The number of amides is 1. The molecule has 0 fully saturated rings. The summed E-state index contributed by atoms with van der Waals surface area (Å²) < 4.78 is 5.00. The smallest absolute Gasteiger partial charge is 0.239 e. The third-order valence-corrected chi connectivity index (χ3v) is 4.37. The Balaban J connectivity index is 1.69. The third-order valence-electron chi connectivity index (χ3n) is 3.28. The summed E-state index contributed by atoms with van der Waals surface area (Å²) in [6, 6.07) is 16.1. The molecular formula is C17H16N2O2S. The highest BCUT2D eigenvalue weighted by molar-refractivity contribution is 8.00. The van der Waals surface area contributed by atoms with Crippen LogP contribution in [0.25, 0.3) is 10.8 Å². The summed E-state index contributed by atoms with van der Waals surface area (Å²) in [6.45, 7) is 3.69. The van der Waals surface area contributed by atoms with Crippen LogP contribution in [0, 0.1) is 6.92 Å². The molecule has 1 atom stereocenters. The fourth-order valence-corrected chi connectivity index (χ4v) is 3.06. The largest absolute Gasteiger partial charge is 0.338 e. The normalized spacial score (nSPS) is 12.3. The Morgan fingerprint density at radius 3 is 2.68 bits per heavy atom. The SMILES string of the molecule is Cc1cc(NC(=O)[C@H](C)Sc2ccc3ccccc3c2)on1.